The molecule has 0 aromatic heterocycles. The van der Waals surface area contributed by atoms with Crippen molar-refractivity contribution in [2.45, 2.75) is 46.0 Å². The molecule has 2 fully saturated rings. The molecule has 1 atom stereocenters. The van der Waals surface area contributed by atoms with Crippen LogP contribution in [0.3, 0.4) is 0 Å². The van der Waals surface area contributed by atoms with Crippen molar-refractivity contribution >= 4 is 0 Å². The lowest BCUT2D eigenvalue weighted by Crippen LogP contribution is -2.14. The molecule has 2 saturated carbocycles. The van der Waals surface area contributed by atoms with Crippen molar-refractivity contribution in [3.05, 3.63) is 0 Å². The van der Waals surface area contributed by atoms with E-state index in [0.29, 0.717) is 23.4 Å². The number of hydrogen-bond donors (Lipinski definition) is 1. The van der Waals surface area contributed by atoms with Crippen LogP contribution in [0.2, 0.25) is 0 Å². The highest BCUT2D eigenvalue weighted by atomic mass is 16.3. The summed E-state index contributed by atoms with van der Waals surface area (Å²) in [7, 11) is 0. The topological polar surface area (TPSA) is 20.2 Å². The van der Waals surface area contributed by atoms with Crippen molar-refractivity contribution in [2.24, 2.45) is 16.7 Å². The minimum Gasteiger partial charge on any atom is -0.396 e. The molecule has 70 valence electrons. The van der Waals surface area contributed by atoms with Gasteiger partial charge >= 0.3 is 0 Å². The number of rotatable bonds is 1. The van der Waals surface area contributed by atoms with Gasteiger partial charge in [-0.15, -0.1) is 0 Å². The zero-order valence-electron chi connectivity index (χ0n) is 8.27. The predicted octanol–water partition coefficient (Wildman–Crippen LogP) is 2.59. The molecule has 2 aliphatic rings. The third-order valence-corrected chi connectivity index (χ3v) is 4.67. The van der Waals surface area contributed by atoms with E-state index < -0.39 is 0 Å². The summed E-state index contributed by atoms with van der Waals surface area (Å²) in [5, 5.41) is 9.26. The predicted molar refractivity (Wildman–Crippen MR) is 49.9 cm³/mol. The van der Waals surface area contributed by atoms with Crippen molar-refractivity contribution in [1.29, 1.82) is 0 Å². The van der Waals surface area contributed by atoms with Crippen LogP contribution in [0.15, 0.2) is 0 Å². The molecule has 0 bridgehead atoms. The minimum atomic E-state index is 0.410. The Hall–Kier alpha value is -0.0400. The first kappa shape index (κ1) is 8.55. The van der Waals surface area contributed by atoms with E-state index in [4.69, 9.17) is 0 Å². The lowest BCUT2D eigenvalue weighted by atomic mass is 9.80. The summed E-state index contributed by atoms with van der Waals surface area (Å²) < 4.78 is 0. The normalized spacial score (nSPS) is 36.8. The molecule has 1 N–H and O–H groups in total. The smallest absolute Gasteiger partial charge is 0.0470 e. The minimum absolute atomic E-state index is 0.410. The zero-order chi connectivity index (χ0) is 8.82. The van der Waals surface area contributed by atoms with Crippen LogP contribution in [0.25, 0.3) is 0 Å². The van der Waals surface area contributed by atoms with Gasteiger partial charge in [-0.1, -0.05) is 33.1 Å². The highest BCUT2D eigenvalue weighted by Gasteiger charge is 2.69. The molecule has 1 unspecified atom stereocenters. The molecule has 2 aliphatic carbocycles. The molecule has 0 aliphatic heterocycles. The van der Waals surface area contributed by atoms with Gasteiger partial charge in [0.1, 0.15) is 0 Å². The Balaban J connectivity index is 2.12. The summed E-state index contributed by atoms with van der Waals surface area (Å²) in [6.45, 7) is 5.07. The van der Waals surface area contributed by atoms with E-state index in [-0.39, 0.29) is 0 Å². The van der Waals surface area contributed by atoms with E-state index in [2.05, 4.69) is 13.8 Å². The van der Waals surface area contributed by atoms with Gasteiger partial charge in [0.2, 0.25) is 0 Å². The van der Waals surface area contributed by atoms with Gasteiger partial charge in [0, 0.05) is 6.61 Å². The zero-order valence-corrected chi connectivity index (χ0v) is 8.27. The van der Waals surface area contributed by atoms with E-state index in [1.807, 2.05) is 0 Å². The Labute approximate surface area is 75.2 Å². The molecule has 2 rings (SSSR count). The summed E-state index contributed by atoms with van der Waals surface area (Å²) in [6.07, 6.45) is 6.92. The monoisotopic (exact) mass is 168 g/mol. The third kappa shape index (κ3) is 0.834. The van der Waals surface area contributed by atoms with Crippen LogP contribution in [0.1, 0.15) is 46.0 Å². The molecule has 0 aromatic rings. The highest BCUT2D eigenvalue weighted by molar-refractivity contribution is 5.17. The van der Waals surface area contributed by atoms with Crippen LogP contribution in [0.5, 0.6) is 0 Å². The van der Waals surface area contributed by atoms with Crippen LogP contribution in [-0.4, -0.2) is 11.7 Å². The van der Waals surface area contributed by atoms with Gasteiger partial charge in [0.25, 0.3) is 0 Å². The number of aliphatic hydroxyl groups excluding tert-OH is 1. The Kier molecular flexibility index (Phi) is 1.76. The van der Waals surface area contributed by atoms with E-state index in [0.717, 1.165) is 0 Å². The molecular weight excluding hydrogens is 148 g/mol. The average molecular weight is 168 g/mol. The van der Waals surface area contributed by atoms with Gasteiger partial charge in [-0.3, -0.25) is 0 Å². The van der Waals surface area contributed by atoms with Crippen molar-refractivity contribution in [3.63, 3.8) is 0 Å². The van der Waals surface area contributed by atoms with Crippen LogP contribution < -0.4 is 0 Å². The summed E-state index contributed by atoms with van der Waals surface area (Å²) in [4.78, 5) is 0. The number of aliphatic hydroxyl groups is 1. The van der Waals surface area contributed by atoms with Crippen LogP contribution in [0.4, 0.5) is 0 Å². The molecule has 0 radical (unpaired) electrons. The SMILES string of the molecule is CC1(C)C(CO)C12CCCCC2. The molecule has 0 saturated heterocycles. The average Bonchev–Trinajstić information content (AvgIpc) is 2.49. The van der Waals surface area contributed by atoms with Crippen molar-refractivity contribution in [2.75, 3.05) is 6.61 Å². The molecule has 1 spiro atoms. The first-order chi connectivity index (χ1) is 5.65. The van der Waals surface area contributed by atoms with Gasteiger partial charge in [0.05, 0.1) is 0 Å². The summed E-state index contributed by atoms with van der Waals surface area (Å²) in [5.41, 5.74) is 0.974. The standard InChI is InChI=1S/C11H20O/c1-10(2)9(8-12)11(10)6-4-3-5-7-11/h9,12H,3-8H2,1-2H3. The maximum absolute atomic E-state index is 9.26. The molecule has 0 aromatic carbocycles. The van der Waals surface area contributed by atoms with Gasteiger partial charge in [0.15, 0.2) is 0 Å². The van der Waals surface area contributed by atoms with Gasteiger partial charge in [-0.25, -0.2) is 0 Å². The Bertz CT molecular complexity index is 177. The van der Waals surface area contributed by atoms with Gasteiger partial charge in [-0.05, 0) is 29.6 Å². The first-order valence-corrected chi connectivity index (χ1v) is 5.26. The van der Waals surface area contributed by atoms with Crippen LogP contribution >= 0.6 is 0 Å². The summed E-state index contributed by atoms with van der Waals surface area (Å²) in [6, 6.07) is 0. The first-order valence-electron chi connectivity index (χ1n) is 5.26. The quantitative estimate of drug-likeness (QED) is 0.638. The Morgan fingerprint density at radius 2 is 1.75 bits per heavy atom. The molecule has 1 nitrogen and oxygen atoms in total. The van der Waals surface area contributed by atoms with Crippen LogP contribution in [-0.2, 0) is 0 Å². The summed E-state index contributed by atoms with van der Waals surface area (Å²) >= 11 is 0. The van der Waals surface area contributed by atoms with E-state index >= 15 is 0 Å². The maximum Gasteiger partial charge on any atom is 0.0470 e. The summed E-state index contributed by atoms with van der Waals surface area (Å²) in [5.74, 6) is 0.602. The van der Waals surface area contributed by atoms with E-state index in [1.54, 1.807) is 0 Å². The van der Waals surface area contributed by atoms with Gasteiger partial charge < -0.3 is 5.11 Å². The van der Waals surface area contributed by atoms with Crippen LogP contribution in [0, 0.1) is 16.7 Å². The van der Waals surface area contributed by atoms with Crippen molar-refractivity contribution in [1.82, 2.24) is 0 Å². The Morgan fingerprint density at radius 3 is 2.17 bits per heavy atom. The second kappa shape index (κ2) is 2.47. The highest BCUT2D eigenvalue weighted by Crippen LogP contribution is 2.74. The lowest BCUT2D eigenvalue weighted by Gasteiger charge is -2.25. The van der Waals surface area contributed by atoms with Gasteiger partial charge in [-0.2, -0.15) is 0 Å². The second-order valence-electron chi connectivity index (χ2n) is 5.17. The number of hydrogen-bond acceptors (Lipinski definition) is 1. The van der Waals surface area contributed by atoms with E-state index in [1.165, 1.54) is 32.1 Å². The molecular formula is C11H20O. The van der Waals surface area contributed by atoms with Crippen molar-refractivity contribution in [3.8, 4) is 0 Å². The van der Waals surface area contributed by atoms with Crippen molar-refractivity contribution < 1.29 is 5.11 Å². The van der Waals surface area contributed by atoms with E-state index in [9.17, 15) is 5.11 Å². The largest absolute Gasteiger partial charge is 0.396 e. The maximum atomic E-state index is 9.26. The molecule has 1 heteroatoms. The fourth-order valence-electron chi connectivity index (χ4n) is 3.64. The fraction of sp³-hybridized carbons (Fsp3) is 1.00. The molecule has 0 amide bonds. The molecule has 0 heterocycles. The fourth-order valence-corrected chi connectivity index (χ4v) is 3.64. The Morgan fingerprint density at radius 1 is 1.17 bits per heavy atom. The molecule has 12 heavy (non-hydrogen) atoms. The third-order valence-electron chi connectivity index (χ3n) is 4.67. The second-order valence-corrected chi connectivity index (χ2v) is 5.17. The lowest BCUT2D eigenvalue weighted by molar-refractivity contribution is 0.220.